The molecule has 0 saturated carbocycles. The van der Waals surface area contributed by atoms with Crippen LogP contribution in [0.25, 0.3) is 0 Å². The van der Waals surface area contributed by atoms with E-state index in [1.807, 2.05) is 0 Å². The number of aromatic carboxylic acids is 1. The smallest absolute Gasteiger partial charge is 0.347 e. The Morgan fingerprint density at radius 1 is 1.29 bits per heavy atom. The van der Waals surface area contributed by atoms with Gasteiger partial charge in [-0.25, -0.2) is 9.18 Å². The molecule has 1 N–H and O–H groups in total. The van der Waals surface area contributed by atoms with Crippen molar-refractivity contribution in [2.75, 3.05) is 0 Å². The van der Waals surface area contributed by atoms with Crippen molar-refractivity contribution in [3.05, 3.63) is 55.9 Å². The predicted octanol–water partition coefficient (Wildman–Crippen LogP) is 2.19. The Morgan fingerprint density at radius 2 is 1.90 bits per heavy atom. The zero-order chi connectivity index (χ0) is 15.6. The van der Waals surface area contributed by atoms with Gasteiger partial charge in [0.15, 0.2) is 5.78 Å². The van der Waals surface area contributed by atoms with Crippen LogP contribution in [0, 0.1) is 5.82 Å². The number of halogens is 1. The Bertz CT molecular complexity index is 745. The molecule has 0 bridgehead atoms. The van der Waals surface area contributed by atoms with Crippen molar-refractivity contribution < 1.29 is 19.1 Å². The van der Waals surface area contributed by atoms with E-state index in [1.165, 1.54) is 16.7 Å². The molecule has 110 valence electrons. The van der Waals surface area contributed by atoms with Crippen molar-refractivity contribution in [2.24, 2.45) is 0 Å². The number of carbonyl (C=O) groups is 2. The molecule has 1 heterocycles. The average Bonchev–Trinajstić information content (AvgIpc) is 2.76. The van der Waals surface area contributed by atoms with Gasteiger partial charge >= 0.3 is 10.8 Å². The number of hydrogen-bond donors (Lipinski definition) is 1. The number of rotatable bonds is 5. The number of carboxylic acids is 1. The Morgan fingerprint density at radius 3 is 2.43 bits per heavy atom. The zero-order valence-corrected chi connectivity index (χ0v) is 11.9. The molecule has 0 aliphatic heterocycles. The molecular formula is C14H12FNO4S. The summed E-state index contributed by atoms with van der Waals surface area (Å²) in [7, 11) is 0. The van der Waals surface area contributed by atoms with Gasteiger partial charge in [0.05, 0.1) is 6.54 Å². The van der Waals surface area contributed by atoms with Gasteiger partial charge in [-0.15, -0.1) is 0 Å². The summed E-state index contributed by atoms with van der Waals surface area (Å²) in [6, 6.07) is 4.98. The molecule has 0 aliphatic rings. The molecular weight excluding hydrogens is 297 g/mol. The van der Waals surface area contributed by atoms with Gasteiger partial charge in [0.25, 0.3) is 0 Å². The van der Waals surface area contributed by atoms with Crippen LogP contribution in [0.4, 0.5) is 4.39 Å². The minimum absolute atomic E-state index is 0.0468. The van der Waals surface area contributed by atoms with E-state index in [-0.39, 0.29) is 22.8 Å². The molecule has 0 fully saturated rings. The summed E-state index contributed by atoms with van der Waals surface area (Å²) in [4.78, 5) is 34.5. The van der Waals surface area contributed by atoms with Crippen LogP contribution >= 0.6 is 11.3 Å². The van der Waals surface area contributed by atoms with Crippen LogP contribution in [-0.2, 0) is 13.0 Å². The number of carbonyl (C=O) groups excluding carboxylic acids is 1. The van der Waals surface area contributed by atoms with E-state index in [0.717, 1.165) is 12.1 Å². The maximum absolute atomic E-state index is 12.8. The Balaban J connectivity index is 2.35. The molecule has 0 radical (unpaired) electrons. The van der Waals surface area contributed by atoms with Crippen LogP contribution in [0.3, 0.4) is 0 Å². The number of aromatic nitrogens is 1. The van der Waals surface area contributed by atoms with Crippen LogP contribution in [0.5, 0.6) is 0 Å². The first-order valence-corrected chi connectivity index (χ1v) is 7.00. The molecule has 0 aliphatic carbocycles. The highest BCUT2D eigenvalue weighted by Gasteiger charge is 2.20. The van der Waals surface area contributed by atoms with Gasteiger partial charge in [0.1, 0.15) is 10.7 Å². The summed E-state index contributed by atoms with van der Waals surface area (Å²) >= 11 is 0.609. The fourth-order valence-electron chi connectivity index (χ4n) is 1.98. The minimum atomic E-state index is -1.18. The molecule has 1 aromatic heterocycles. The third-order valence-corrected chi connectivity index (χ3v) is 4.00. The van der Waals surface area contributed by atoms with Crippen molar-refractivity contribution in [2.45, 2.75) is 19.9 Å². The quantitative estimate of drug-likeness (QED) is 0.859. The van der Waals surface area contributed by atoms with E-state index >= 15 is 0 Å². The largest absolute Gasteiger partial charge is 0.477 e. The molecule has 21 heavy (non-hydrogen) atoms. The second-order valence-electron chi connectivity index (χ2n) is 4.32. The normalized spacial score (nSPS) is 10.6. The number of thiazole rings is 1. The van der Waals surface area contributed by atoms with Gasteiger partial charge in [-0.05, 0) is 30.7 Å². The lowest BCUT2D eigenvalue weighted by Gasteiger charge is -2.06. The standard InChI is InChI=1S/C14H12FNO4S/c1-2-10-12(13(18)19)21-14(20)16(10)7-11(17)8-3-5-9(15)6-4-8/h3-6H,2,7H2,1H3,(H,18,19). The fourth-order valence-corrected chi connectivity index (χ4v) is 2.90. The van der Waals surface area contributed by atoms with Crippen molar-refractivity contribution in [3.63, 3.8) is 0 Å². The first kappa shape index (κ1) is 15.1. The summed E-state index contributed by atoms with van der Waals surface area (Å²) in [5.74, 6) is -2.01. The van der Waals surface area contributed by atoms with Crippen molar-refractivity contribution in [1.82, 2.24) is 4.57 Å². The molecule has 2 aromatic rings. The maximum Gasteiger partial charge on any atom is 0.347 e. The van der Waals surface area contributed by atoms with Gasteiger partial charge in [0.2, 0.25) is 0 Å². The van der Waals surface area contributed by atoms with Gasteiger partial charge in [0, 0.05) is 11.3 Å². The minimum Gasteiger partial charge on any atom is -0.477 e. The summed E-state index contributed by atoms with van der Waals surface area (Å²) < 4.78 is 14.0. The summed E-state index contributed by atoms with van der Waals surface area (Å²) in [6.45, 7) is 1.46. The maximum atomic E-state index is 12.8. The van der Waals surface area contributed by atoms with Gasteiger partial charge in [-0.1, -0.05) is 18.3 Å². The second kappa shape index (κ2) is 6.01. The number of benzene rings is 1. The van der Waals surface area contributed by atoms with Crippen LogP contribution in [0.1, 0.15) is 32.6 Å². The summed E-state index contributed by atoms with van der Waals surface area (Å²) in [5.41, 5.74) is 0.599. The number of hydrogen-bond acceptors (Lipinski definition) is 4. The van der Waals surface area contributed by atoms with E-state index in [1.54, 1.807) is 6.92 Å². The van der Waals surface area contributed by atoms with Crippen molar-refractivity contribution >= 4 is 23.1 Å². The van der Waals surface area contributed by atoms with E-state index in [0.29, 0.717) is 23.5 Å². The predicted molar refractivity (Wildman–Crippen MR) is 75.6 cm³/mol. The van der Waals surface area contributed by atoms with Crippen molar-refractivity contribution in [1.29, 1.82) is 0 Å². The van der Waals surface area contributed by atoms with Crippen LogP contribution < -0.4 is 4.87 Å². The Hall–Kier alpha value is -2.28. The highest BCUT2D eigenvalue weighted by atomic mass is 32.1. The Labute approximate surface area is 123 Å². The van der Waals surface area contributed by atoms with E-state index in [4.69, 9.17) is 5.11 Å². The third kappa shape index (κ3) is 3.08. The number of nitrogens with zero attached hydrogens (tertiary/aromatic N) is 1. The molecule has 0 atom stereocenters. The molecule has 7 heteroatoms. The number of Topliss-reactive ketones (excluding diaryl/α,β-unsaturated/α-hetero) is 1. The lowest BCUT2D eigenvalue weighted by Crippen LogP contribution is -2.22. The molecule has 5 nitrogen and oxygen atoms in total. The van der Waals surface area contributed by atoms with E-state index in [2.05, 4.69) is 0 Å². The van der Waals surface area contributed by atoms with E-state index in [9.17, 15) is 18.8 Å². The first-order chi connectivity index (χ1) is 9.93. The second-order valence-corrected chi connectivity index (χ2v) is 5.28. The third-order valence-electron chi connectivity index (χ3n) is 2.99. The fraction of sp³-hybridized carbons (Fsp3) is 0.214. The lowest BCUT2D eigenvalue weighted by molar-refractivity contribution is 0.0699. The number of carboxylic acid groups (broad SMARTS) is 1. The highest BCUT2D eigenvalue weighted by Crippen LogP contribution is 2.15. The summed E-state index contributed by atoms with van der Waals surface area (Å²) in [6.07, 6.45) is 0.330. The van der Waals surface area contributed by atoms with Crippen molar-refractivity contribution in [3.8, 4) is 0 Å². The van der Waals surface area contributed by atoms with Gasteiger partial charge in [-0.3, -0.25) is 14.2 Å². The topological polar surface area (TPSA) is 76.4 Å². The number of ketones is 1. The highest BCUT2D eigenvalue weighted by molar-refractivity contribution is 7.11. The molecule has 1 aromatic carbocycles. The monoisotopic (exact) mass is 309 g/mol. The van der Waals surface area contributed by atoms with E-state index < -0.39 is 16.7 Å². The average molecular weight is 309 g/mol. The van der Waals surface area contributed by atoms with Gasteiger partial charge in [-0.2, -0.15) is 0 Å². The van der Waals surface area contributed by atoms with Crippen LogP contribution in [0.2, 0.25) is 0 Å². The molecule has 0 amide bonds. The first-order valence-electron chi connectivity index (χ1n) is 6.18. The zero-order valence-electron chi connectivity index (χ0n) is 11.1. The molecule has 0 saturated heterocycles. The van der Waals surface area contributed by atoms with Crippen LogP contribution in [0.15, 0.2) is 29.1 Å². The Kier molecular flexibility index (Phi) is 4.32. The lowest BCUT2D eigenvalue weighted by atomic mass is 10.1. The van der Waals surface area contributed by atoms with Crippen LogP contribution in [-0.4, -0.2) is 21.4 Å². The molecule has 0 unspecified atom stereocenters. The SMILES string of the molecule is CCc1c(C(=O)O)sc(=O)n1CC(=O)c1ccc(F)cc1. The molecule has 0 spiro atoms. The molecule has 2 rings (SSSR count). The van der Waals surface area contributed by atoms with Gasteiger partial charge < -0.3 is 5.11 Å². The summed E-state index contributed by atoms with van der Waals surface area (Å²) in [5, 5.41) is 9.05.